The molecule has 6 heteroatoms. The maximum atomic E-state index is 12.5. The molecule has 410 valence electrons. The Labute approximate surface area is 436 Å². The summed E-state index contributed by atoms with van der Waals surface area (Å²) in [6.07, 6.45) is 75.7. The van der Waals surface area contributed by atoms with E-state index in [0.29, 0.717) is 19.4 Å². The highest BCUT2D eigenvalue weighted by atomic mass is 16.5. The highest BCUT2D eigenvalue weighted by Crippen LogP contribution is 2.17. The van der Waals surface area contributed by atoms with Gasteiger partial charge in [-0.3, -0.25) is 9.59 Å². The molecular formula is C64H119NO5. The Morgan fingerprint density at radius 2 is 0.714 bits per heavy atom. The van der Waals surface area contributed by atoms with Gasteiger partial charge in [-0.25, -0.2) is 0 Å². The number of aliphatic hydroxyl groups excluding tert-OH is 2. The van der Waals surface area contributed by atoms with Crippen molar-refractivity contribution in [2.75, 3.05) is 13.2 Å². The summed E-state index contributed by atoms with van der Waals surface area (Å²) < 4.78 is 5.47. The minimum absolute atomic E-state index is 0.0212. The van der Waals surface area contributed by atoms with Crippen LogP contribution in [0.3, 0.4) is 0 Å². The lowest BCUT2D eigenvalue weighted by atomic mass is 10.0. The van der Waals surface area contributed by atoms with Crippen molar-refractivity contribution in [3.63, 3.8) is 0 Å². The van der Waals surface area contributed by atoms with E-state index in [1.54, 1.807) is 6.08 Å². The largest absolute Gasteiger partial charge is 0.466 e. The van der Waals surface area contributed by atoms with E-state index in [2.05, 4.69) is 55.6 Å². The number of carbonyl (C=O) groups excluding carboxylic acids is 2. The Hall–Kier alpha value is -2.18. The normalized spacial score (nSPS) is 12.9. The molecule has 0 radical (unpaired) electrons. The molecule has 0 heterocycles. The van der Waals surface area contributed by atoms with E-state index in [1.165, 1.54) is 218 Å². The highest BCUT2D eigenvalue weighted by molar-refractivity contribution is 5.76. The summed E-state index contributed by atoms with van der Waals surface area (Å²) in [5.41, 5.74) is 0. The second kappa shape index (κ2) is 59.4. The molecule has 2 atom stereocenters. The predicted octanol–water partition coefficient (Wildman–Crippen LogP) is 19.4. The van der Waals surface area contributed by atoms with Crippen LogP contribution in [-0.2, 0) is 14.3 Å². The molecule has 0 fully saturated rings. The molecule has 0 aliphatic carbocycles. The highest BCUT2D eigenvalue weighted by Gasteiger charge is 2.18. The molecule has 0 aliphatic rings. The first kappa shape index (κ1) is 67.8. The quantitative estimate of drug-likeness (QED) is 0.0321. The summed E-state index contributed by atoms with van der Waals surface area (Å²) in [6.45, 7) is 4.86. The zero-order valence-corrected chi connectivity index (χ0v) is 46.7. The van der Waals surface area contributed by atoms with E-state index in [9.17, 15) is 19.8 Å². The fourth-order valence-corrected chi connectivity index (χ4v) is 9.31. The average Bonchev–Trinajstić information content (AvgIpc) is 3.36. The maximum absolute atomic E-state index is 12.5. The smallest absolute Gasteiger partial charge is 0.305 e. The van der Waals surface area contributed by atoms with Crippen molar-refractivity contribution < 1.29 is 24.5 Å². The van der Waals surface area contributed by atoms with E-state index in [-0.39, 0.29) is 18.5 Å². The molecule has 1 amide bonds. The van der Waals surface area contributed by atoms with Crippen molar-refractivity contribution in [3.05, 3.63) is 48.6 Å². The molecule has 6 nitrogen and oxygen atoms in total. The van der Waals surface area contributed by atoms with Crippen LogP contribution in [0.5, 0.6) is 0 Å². The second-order valence-electron chi connectivity index (χ2n) is 21.0. The summed E-state index contributed by atoms with van der Waals surface area (Å²) in [5, 5.41) is 23.2. The van der Waals surface area contributed by atoms with Gasteiger partial charge in [0.15, 0.2) is 0 Å². The molecule has 0 aliphatic heterocycles. The molecule has 0 bridgehead atoms. The number of hydrogen-bond donors (Lipinski definition) is 3. The van der Waals surface area contributed by atoms with Gasteiger partial charge < -0.3 is 20.3 Å². The number of esters is 1. The fourth-order valence-electron chi connectivity index (χ4n) is 9.31. The lowest BCUT2D eigenvalue weighted by Crippen LogP contribution is -2.45. The van der Waals surface area contributed by atoms with E-state index in [4.69, 9.17) is 4.74 Å². The Bertz CT molecular complexity index is 1180. The number of ether oxygens (including phenoxy) is 1. The standard InChI is InChI=1S/C64H119NO5/c1-3-5-7-9-11-13-15-17-19-21-23-24-25-26-27-29-32-36-40-44-48-52-56-62(67)61(60-66)65-63(68)57-53-49-45-41-37-33-31-35-39-43-47-51-55-59-70-64(69)58-54-50-46-42-38-34-30-28-22-20-18-16-14-12-10-8-6-4-2/h14,16,20,22,33,37,52,56,61-62,66-67H,3-13,15,17-19,21,23-32,34-36,38-51,53-55,57-60H2,1-2H3,(H,65,68)/b16-14-,22-20-,37-33-,56-52+. The van der Waals surface area contributed by atoms with Gasteiger partial charge in [0.2, 0.25) is 5.91 Å². The first-order chi connectivity index (χ1) is 34.5. The number of rotatable bonds is 57. The van der Waals surface area contributed by atoms with Crippen LogP contribution >= 0.6 is 0 Å². The summed E-state index contributed by atoms with van der Waals surface area (Å²) in [7, 11) is 0. The first-order valence-corrected chi connectivity index (χ1v) is 30.9. The topological polar surface area (TPSA) is 95.9 Å². The van der Waals surface area contributed by atoms with Crippen LogP contribution in [0.1, 0.15) is 322 Å². The number of nitrogens with one attached hydrogen (secondary N) is 1. The monoisotopic (exact) mass is 982 g/mol. The molecule has 0 aromatic heterocycles. The summed E-state index contributed by atoms with van der Waals surface area (Å²) in [4.78, 5) is 24.6. The number of unbranched alkanes of at least 4 members (excludes halogenated alkanes) is 40. The summed E-state index contributed by atoms with van der Waals surface area (Å²) in [6, 6.07) is -0.651. The van der Waals surface area contributed by atoms with Gasteiger partial charge in [0.1, 0.15) is 0 Å². The maximum Gasteiger partial charge on any atom is 0.305 e. The third kappa shape index (κ3) is 55.1. The van der Waals surface area contributed by atoms with Crippen molar-refractivity contribution in [1.82, 2.24) is 5.32 Å². The van der Waals surface area contributed by atoms with Crippen molar-refractivity contribution in [3.8, 4) is 0 Å². The van der Waals surface area contributed by atoms with Crippen LogP contribution in [0.15, 0.2) is 48.6 Å². The zero-order valence-electron chi connectivity index (χ0n) is 46.7. The van der Waals surface area contributed by atoms with E-state index < -0.39 is 12.1 Å². The zero-order chi connectivity index (χ0) is 50.7. The number of amides is 1. The van der Waals surface area contributed by atoms with Crippen LogP contribution in [-0.4, -0.2) is 47.4 Å². The van der Waals surface area contributed by atoms with Gasteiger partial charge >= 0.3 is 5.97 Å². The molecule has 70 heavy (non-hydrogen) atoms. The number of aliphatic hydroxyl groups is 2. The second-order valence-corrected chi connectivity index (χ2v) is 21.0. The van der Waals surface area contributed by atoms with Crippen molar-refractivity contribution in [2.24, 2.45) is 0 Å². The predicted molar refractivity (Wildman–Crippen MR) is 306 cm³/mol. The lowest BCUT2D eigenvalue weighted by molar-refractivity contribution is -0.143. The first-order valence-electron chi connectivity index (χ1n) is 30.9. The summed E-state index contributed by atoms with van der Waals surface area (Å²) >= 11 is 0. The van der Waals surface area contributed by atoms with Crippen LogP contribution in [0.25, 0.3) is 0 Å². The molecule has 0 saturated heterocycles. The number of allylic oxidation sites excluding steroid dienone is 7. The number of hydrogen-bond acceptors (Lipinski definition) is 5. The van der Waals surface area contributed by atoms with Crippen LogP contribution in [0, 0.1) is 0 Å². The Balaban J connectivity index is 3.52. The molecule has 0 saturated carbocycles. The molecule has 0 aromatic carbocycles. The van der Waals surface area contributed by atoms with E-state index in [1.807, 2.05) is 6.08 Å². The number of carbonyl (C=O) groups is 2. The third-order valence-corrected chi connectivity index (χ3v) is 14.1. The van der Waals surface area contributed by atoms with Gasteiger partial charge in [0, 0.05) is 12.8 Å². The lowest BCUT2D eigenvalue weighted by Gasteiger charge is -2.19. The Morgan fingerprint density at radius 1 is 0.400 bits per heavy atom. The average molecular weight is 983 g/mol. The molecule has 0 spiro atoms. The van der Waals surface area contributed by atoms with Gasteiger partial charge in [0.25, 0.3) is 0 Å². The van der Waals surface area contributed by atoms with Gasteiger partial charge in [-0.15, -0.1) is 0 Å². The fraction of sp³-hybridized carbons (Fsp3) is 0.844. The molecular weight excluding hydrogens is 863 g/mol. The Morgan fingerprint density at radius 3 is 1.13 bits per heavy atom. The van der Waals surface area contributed by atoms with Crippen molar-refractivity contribution in [1.29, 1.82) is 0 Å². The molecule has 3 N–H and O–H groups in total. The van der Waals surface area contributed by atoms with Crippen molar-refractivity contribution >= 4 is 11.9 Å². The molecule has 0 aromatic rings. The van der Waals surface area contributed by atoms with Crippen LogP contribution in [0.2, 0.25) is 0 Å². The van der Waals surface area contributed by atoms with Gasteiger partial charge in [-0.2, -0.15) is 0 Å². The SMILES string of the molecule is CCCCCC/C=C\C/C=C\CCCCCCCCCC(=O)OCCCCCCCC/C=C\CCCCCC(=O)NC(CO)C(O)/C=C/CCCCCCCCCCCCCCCCCCCCCC. The third-order valence-electron chi connectivity index (χ3n) is 14.1. The van der Waals surface area contributed by atoms with Crippen LogP contribution in [0.4, 0.5) is 0 Å². The van der Waals surface area contributed by atoms with Gasteiger partial charge in [0.05, 0.1) is 25.4 Å². The molecule has 0 rings (SSSR count). The van der Waals surface area contributed by atoms with Gasteiger partial charge in [-0.05, 0) is 89.9 Å². The molecule has 2 unspecified atom stereocenters. The summed E-state index contributed by atoms with van der Waals surface area (Å²) in [5.74, 6) is -0.118. The minimum Gasteiger partial charge on any atom is -0.466 e. The minimum atomic E-state index is -0.864. The van der Waals surface area contributed by atoms with E-state index in [0.717, 1.165) is 77.0 Å². The van der Waals surface area contributed by atoms with Crippen molar-refractivity contribution in [2.45, 2.75) is 334 Å². The van der Waals surface area contributed by atoms with E-state index >= 15 is 0 Å². The van der Waals surface area contributed by atoms with Gasteiger partial charge in [-0.1, -0.05) is 268 Å². The Kier molecular flexibility index (Phi) is 57.5. The van der Waals surface area contributed by atoms with Crippen LogP contribution < -0.4 is 5.32 Å².